The van der Waals surface area contributed by atoms with Gasteiger partial charge in [0.1, 0.15) is 11.3 Å². The maximum absolute atomic E-state index is 12.6. The van der Waals surface area contributed by atoms with Crippen LogP contribution < -0.4 is 15.7 Å². The Labute approximate surface area is 185 Å². The number of nitrogens with one attached hydrogen (secondary N) is 1. The van der Waals surface area contributed by atoms with Crippen molar-refractivity contribution >= 4 is 65.2 Å². The summed E-state index contributed by atoms with van der Waals surface area (Å²) >= 11 is 8.01. The standard InChI is InChI=1S/C20H12Br2N2O4S/c1-27-13-4-2-10(3-5-13)16-9-29-20(23-16)24-18(25)14-7-11-6-12(21)8-15(22)17(11)28-19(14)26/h2-9H,1H3,(H,23,24,25). The first-order valence-corrected chi connectivity index (χ1v) is 10.8. The average molecular weight is 536 g/mol. The van der Waals surface area contributed by atoms with Crippen molar-refractivity contribution in [2.24, 2.45) is 0 Å². The fourth-order valence-corrected chi connectivity index (χ4v) is 4.76. The van der Waals surface area contributed by atoms with E-state index in [1.54, 1.807) is 19.2 Å². The molecule has 1 N–H and O–H groups in total. The summed E-state index contributed by atoms with van der Waals surface area (Å²) in [7, 11) is 1.60. The zero-order valence-corrected chi connectivity index (χ0v) is 18.9. The van der Waals surface area contributed by atoms with Crippen LogP contribution in [0.4, 0.5) is 5.13 Å². The molecule has 0 unspecified atom stereocenters. The van der Waals surface area contributed by atoms with Gasteiger partial charge in [0, 0.05) is 20.8 Å². The van der Waals surface area contributed by atoms with Gasteiger partial charge >= 0.3 is 5.63 Å². The maximum Gasteiger partial charge on any atom is 0.349 e. The van der Waals surface area contributed by atoms with Crippen molar-refractivity contribution in [2.45, 2.75) is 0 Å². The minimum absolute atomic E-state index is 0.0938. The van der Waals surface area contributed by atoms with Gasteiger partial charge in [-0.1, -0.05) is 15.9 Å². The van der Waals surface area contributed by atoms with Gasteiger partial charge in [0.25, 0.3) is 5.91 Å². The summed E-state index contributed by atoms with van der Waals surface area (Å²) in [6.45, 7) is 0. The lowest BCUT2D eigenvalue weighted by atomic mass is 10.2. The highest BCUT2D eigenvalue weighted by Gasteiger charge is 2.17. The van der Waals surface area contributed by atoms with Crippen LogP contribution in [0.5, 0.6) is 5.75 Å². The Morgan fingerprint density at radius 1 is 1.17 bits per heavy atom. The summed E-state index contributed by atoms with van der Waals surface area (Å²) < 4.78 is 11.9. The van der Waals surface area contributed by atoms with E-state index in [2.05, 4.69) is 42.2 Å². The third kappa shape index (κ3) is 4.12. The molecule has 2 heterocycles. The number of methoxy groups -OCH3 is 1. The second-order valence-electron chi connectivity index (χ2n) is 5.97. The smallest absolute Gasteiger partial charge is 0.349 e. The Balaban J connectivity index is 1.60. The Hall–Kier alpha value is -2.49. The molecule has 0 saturated heterocycles. The second kappa shape index (κ2) is 8.10. The van der Waals surface area contributed by atoms with Gasteiger partial charge in [0.15, 0.2) is 10.7 Å². The first-order valence-electron chi connectivity index (χ1n) is 8.29. The predicted octanol–water partition coefficient (Wildman–Crippen LogP) is 5.70. The number of amides is 1. The molecule has 0 aliphatic carbocycles. The van der Waals surface area contributed by atoms with Crippen molar-refractivity contribution < 1.29 is 13.9 Å². The van der Waals surface area contributed by atoms with Crippen molar-refractivity contribution in [3.8, 4) is 17.0 Å². The van der Waals surface area contributed by atoms with Crippen LogP contribution >= 0.6 is 43.2 Å². The van der Waals surface area contributed by atoms with E-state index in [1.165, 1.54) is 17.4 Å². The van der Waals surface area contributed by atoms with Crippen LogP contribution in [0.15, 0.2) is 66.0 Å². The van der Waals surface area contributed by atoms with Gasteiger partial charge in [-0.05, 0) is 58.4 Å². The number of aromatic nitrogens is 1. The lowest BCUT2D eigenvalue weighted by Gasteiger charge is -2.04. The molecule has 0 bridgehead atoms. The Bertz CT molecular complexity index is 1280. The van der Waals surface area contributed by atoms with Crippen molar-refractivity contribution in [1.82, 2.24) is 4.98 Å². The summed E-state index contributed by atoms with van der Waals surface area (Å²) in [5.41, 5.74) is 1.17. The molecule has 1 amide bonds. The zero-order chi connectivity index (χ0) is 20.5. The number of carbonyl (C=O) groups is 1. The number of hydrogen-bond donors (Lipinski definition) is 1. The van der Waals surface area contributed by atoms with Crippen LogP contribution in [0.2, 0.25) is 0 Å². The van der Waals surface area contributed by atoms with Gasteiger partial charge in [0.2, 0.25) is 0 Å². The number of nitrogens with zero attached hydrogens (tertiary/aromatic N) is 1. The summed E-state index contributed by atoms with van der Waals surface area (Å²) in [6.07, 6.45) is 0. The third-order valence-electron chi connectivity index (χ3n) is 4.11. The molecular formula is C20H12Br2N2O4S. The van der Waals surface area contributed by atoms with E-state index in [1.807, 2.05) is 29.6 Å². The minimum Gasteiger partial charge on any atom is -0.497 e. The minimum atomic E-state index is -0.718. The SMILES string of the molecule is COc1ccc(-c2csc(NC(=O)c3cc4cc(Br)cc(Br)c4oc3=O)n2)cc1. The number of carbonyl (C=O) groups excluding carboxylic acids is 1. The van der Waals surface area contributed by atoms with Gasteiger partial charge in [-0.3, -0.25) is 10.1 Å². The van der Waals surface area contributed by atoms with Crippen molar-refractivity contribution in [1.29, 1.82) is 0 Å². The molecule has 0 aliphatic heterocycles. The van der Waals surface area contributed by atoms with Crippen molar-refractivity contribution in [3.05, 3.63) is 72.8 Å². The number of ether oxygens (including phenoxy) is 1. The van der Waals surface area contributed by atoms with Gasteiger partial charge in [-0.2, -0.15) is 0 Å². The van der Waals surface area contributed by atoms with Gasteiger partial charge in [-0.15, -0.1) is 11.3 Å². The van der Waals surface area contributed by atoms with Gasteiger partial charge in [-0.25, -0.2) is 9.78 Å². The number of halogens is 2. The topological polar surface area (TPSA) is 81.4 Å². The Kier molecular flexibility index (Phi) is 5.53. The summed E-state index contributed by atoms with van der Waals surface area (Å²) in [4.78, 5) is 29.4. The molecule has 0 aliphatic rings. The molecule has 6 nitrogen and oxygen atoms in total. The highest BCUT2D eigenvalue weighted by Crippen LogP contribution is 2.29. The molecule has 2 aromatic heterocycles. The van der Waals surface area contributed by atoms with E-state index >= 15 is 0 Å². The van der Waals surface area contributed by atoms with E-state index in [9.17, 15) is 9.59 Å². The van der Waals surface area contributed by atoms with E-state index in [-0.39, 0.29) is 5.56 Å². The number of thiazole rings is 1. The third-order valence-corrected chi connectivity index (χ3v) is 5.91. The van der Waals surface area contributed by atoms with E-state index in [0.29, 0.717) is 26.3 Å². The molecule has 2 aromatic carbocycles. The average Bonchev–Trinajstić information content (AvgIpc) is 3.16. The van der Waals surface area contributed by atoms with Crippen LogP contribution in [0.1, 0.15) is 10.4 Å². The number of hydrogen-bond acceptors (Lipinski definition) is 6. The number of anilines is 1. The van der Waals surface area contributed by atoms with Crippen LogP contribution in [0.25, 0.3) is 22.2 Å². The summed E-state index contributed by atoms with van der Waals surface area (Å²) in [6, 6.07) is 12.5. The summed E-state index contributed by atoms with van der Waals surface area (Å²) in [5.74, 6) is 0.172. The Morgan fingerprint density at radius 3 is 2.66 bits per heavy atom. The number of fused-ring (bicyclic) bond motifs is 1. The summed E-state index contributed by atoms with van der Waals surface area (Å²) in [5, 5.41) is 5.50. The largest absolute Gasteiger partial charge is 0.497 e. The normalized spacial score (nSPS) is 10.9. The zero-order valence-electron chi connectivity index (χ0n) is 14.9. The fourth-order valence-electron chi connectivity index (χ4n) is 2.71. The van der Waals surface area contributed by atoms with Crippen LogP contribution in [0.3, 0.4) is 0 Å². The molecule has 9 heteroatoms. The van der Waals surface area contributed by atoms with Gasteiger partial charge < -0.3 is 9.15 Å². The van der Waals surface area contributed by atoms with E-state index in [0.717, 1.165) is 15.8 Å². The molecule has 0 fully saturated rings. The highest BCUT2D eigenvalue weighted by molar-refractivity contribution is 9.11. The van der Waals surface area contributed by atoms with Crippen LogP contribution in [-0.2, 0) is 0 Å². The first kappa shape index (κ1) is 19.8. The number of benzene rings is 2. The fraction of sp³-hybridized carbons (Fsp3) is 0.0500. The van der Waals surface area contributed by atoms with Crippen molar-refractivity contribution in [2.75, 3.05) is 12.4 Å². The molecule has 0 saturated carbocycles. The molecule has 0 atom stereocenters. The lowest BCUT2D eigenvalue weighted by molar-refractivity contribution is 0.102. The number of rotatable bonds is 4. The first-order chi connectivity index (χ1) is 13.9. The van der Waals surface area contributed by atoms with E-state index in [4.69, 9.17) is 9.15 Å². The molecular weight excluding hydrogens is 524 g/mol. The van der Waals surface area contributed by atoms with E-state index < -0.39 is 11.5 Å². The quantitative estimate of drug-likeness (QED) is 0.339. The second-order valence-corrected chi connectivity index (χ2v) is 8.60. The molecule has 146 valence electrons. The molecule has 29 heavy (non-hydrogen) atoms. The molecule has 4 rings (SSSR count). The molecule has 4 aromatic rings. The highest BCUT2D eigenvalue weighted by atomic mass is 79.9. The predicted molar refractivity (Wildman–Crippen MR) is 120 cm³/mol. The van der Waals surface area contributed by atoms with Gasteiger partial charge in [0.05, 0.1) is 17.3 Å². The van der Waals surface area contributed by atoms with Crippen LogP contribution in [-0.4, -0.2) is 18.0 Å². The van der Waals surface area contributed by atoms with Crippen LogP contribution in [0, 0.1) is 0 Å². The Morgan fingerprint density at radius 2 is 1.93 bits per heavy atom. The van der Waals surface area contributed by atoms with Crippen molar-refractivity contribution in [3.63, 3.8) is 0 Å². The lowest BCUT2D eigenvalue weighted by Crippen LogP contribution is -2.20. The maximum atomic E-state index is 12.6. The molecule has 0 radical (unpaired) electrons. The molecule has 0 spiro atoms. The monoisotopic (exact) mass is 534 g/mol.